The summed E-state index contributed by atoms with van der Waals surface area (Å²) in [5.74, 6) is 0.959. The Bertz CT molecular complexity index is 865. The number of carbonyl (C=O) groups excluding carboxylic acids is 1. The maximum absolute atomic E-state index is 11.9. The molecule has 0 spiro atoms. The second kappa shape index (κ2) is 8.35. The highest BCUT2D eigenvalue weighted by atomic mass is 32.2. The fourth-order valence-electron chi connectivity index (χ4n) is 3.47. The molecule has 2 aromatic rings. The van der Waals surface area contributed by atoms with E-state index in [2.05, 4.69) is 44.2 Å². The normalized spacial score (nSPS) is 15.6. The number of benzene rings is 2. The number of esters is 1. The van der Waals surface area contributed by atoms with Crippen molar-refractivity contribution in [1.29, 1.82) is 0 Å². The van der Waals surface area contributed by atoms with Crippen LogP contribution < -0.4 is 0 Å². The molecule has 2 nitrogen and oxygen atoms in total. The molecule has 27 heavy (non-hydrogen) atoms. The molecule has 1 aliphatic rings. The van der Waals surface area contributed by atoms with Gasteiger partial charge in [0.25, 0.3) is 0 Å². The Kier molecular flexibility index (Phi) is 6.11. The molecule has 0 radical (unpaired) electrons. The monoisotopic (exact) mass is 380 g/mol. The second-order valence-corrected chi connectivity index (χ2v) is 8.85. The first-order valence-corrected chi connectivity index (χ1v) is 10.6. The third-order valence-corrected chi connectivity index (χ3v) is 6.24. The molecule has 0 aliphatic carbocycles. The molecule has 0 fully saturated rings. The fraction of sp³-hybridized carbons (Fsp3) is 0.375. The average Bonchev–Trinajstić information content (AvgIpc) is 2.62. The van der Waals surface area contributed by atoms with Crippen LogP contribution in [0.1, 0.15) is 59.8 Å². The summed E-state index contributed by atoms with van der Waals surface area (Å²) in [6.07, 6.45) is 6.47. The van der Waals surface area contributed by atoms with Gasteiger partial charge in [-0.2, -0.15) is 0 Å². The first-order chi connectivity index (χ1) is 12.9. The molecule has 0 saturated heterocycles. The van der Waals surface area contributed by atoms with Crippen molar-refractivity contribution < 1.29 is 9.53 Å². The Morgan fingerprint density at radius 3 is 2.78 bits per heavy atom. The van der Waals surface area contributed by atoms with Gasteiger partial charge in [0, 0.05) is 4.90 Å². The quantitative estimate of drug-likeness (QED) is 0.578. The van der Waals surface area contributed by atoms with Crippen LogP contribution in [-0.2, 0) is 16.6 Å². The third kappa shape index (κ3) is 4.65. The molecule has 3 heteroatoms. The minimum Gasteiger partial charge on any atom is -0.462 e. The van der Waals surface area contributed by atoms with E-state index < -0.39 is 0 Å². The Balaban J connectivity index is 1.71. The van der Waals surface area contributed by atoms with Gasteiger partial charge in [0.2, 0.25) is 0 Å². The van der Waals surface area contributed by atoms with E-state index in [0.29, 0.717) is 12.2 Å². The van der Waals surface area contributed by atoms with Gasteiger partial charge in [0.15, 0.2) is 0 Å². The number of aryl methyl sites for hydroxylation is 1. The third-order valence-electron chi connectivity index (χ3n) is 5.17. The average molecular weight is 381 g/mol. The van der Waals surface area contributed by atoms with E-state index in [-0.39, 0.29) is 11.4 Å². The van der Waals surface area contributed by atoms with E-state index in [1.165, 1.54) is 28.2 Å². The second-order valence-electron chi connectivity index (χ2n) is 7.71. The SMILES string of the molecule is CCOC(=O)c1ccc(/C=C/Cc2ccc3c(c2)C(C)(C)CCS3)cc1C. The zero-order chi connectivity index (χ0) is 19.4. The summed E-state index contributed by atoms with van der Waals surface area (Å²) in [5, 5.41) is 0. The Morgan fingerprint density at radius 2 is 2.04 bits per heavy atom. The highest BCUT2D eigenvalue weighted by Crippen LogP contribution is 2.41. The summed E-state index contributed by atoms with van der Waals surface area (Å²) in [6, 6.07) is 12.8. The number of carbonyl (C=O) groups is 1. The lowest BCUT2D eigenvalue weighted by Gasteiger charge is -2.32. The van der Waals surface area contributed by atoms with E-state index in [1.807, 2.05) is 43.8 Å². The lowest BCUT2D eigenvalue weighted by Crippen LogP contribution is -2.22. The van der Waals surface area contributed by atoms with Gasteiger partial charge < -0.3 is 4.74 Å². The molecule has 0 N–H and O–H groups in total. The largest absolute Gasteiger partial charge is 0.462 e. The molecular weight excluding hydrogens is 352 g/mol. The maximum Gasteiger partial charge on any atom is 0.338 e. The lowest BCUT2D eigenvalue weighted by atomic mass is 9.81. The maximum atomic E-state index is 11.9. The van der Waals surface area contributed by atoms with Gasteiger partial charge in [-0.3, -0.25) is 0 Å². The van der Waals surface area contributed by atoms with Crippen LogP contribution in [0.2, 0.25) is 0 Å². The molecular formula is C24H28O2S. The zero-order valence-corrected chi connectivity index (χ0v) is 17.5. The van der Waals surface area contributed by atoms with E-state index in [1.54, 1.807) is 0 Å². The smallest absolute Gasteiger partial charge is 0.338 e. The van der Waals surface area contributed by atoms with E-state index in [4.69, 9.17) is 4.74 Å². The van der Waals surface area contributed by atoms with E-state index >= 15 is 0 Å². The number of allylic oxidation sites excluding steroid dienone is 1. The molecule has 0 bridgehead atoms. The van der Waals surface area contributed by atoms with Gasteiger partial charge in [0.1, 0.15) is 0 Å². The number of hydrogen-bond acceptors (Lipinski definition) is 3. The van der Waals surface area contributed by atoms with Crippen molar-refractivity contribution in [2.45, 2.75) is 50.8 Å². The standard InChI is InChI=1S/C24H28O2S/c1-5-26-23(25)20-11-9-18(15-17(20)2)7-6-8-19-10-12-22-21(16-19)24(3,4)13-14-27-22/h6-7,9-12,15-16H,5,8,13-14H2,1-4H3/b7-6+. The molecule has 142 valence electrons. The van der Waals surface area contributed by atoms with Gasteiger partial charge in [0.05, 0.1) is 12.2 Å². The number of rotatable bonds is 5. The fourth-order valence-corrected chi connectivity index (χ4v) is 4.96. The molecule has 1 aliphatic heterocycles. The van der Waals surface area contributed by atoms with Crippen molar-refractivity contribution in [3.05, 3.63) is 70.3 Å². The Hall–Kier alpha value is -2.00. The van der Waals surface area contributed by atoms with Crippen molar-refractivity contribution in [3.8, 4) is 0 Å². The van der Waals surface area contributed by atoms with Crippen LogP contribution in [0.25, 0.3) is 6.08 Å². The van der Waals surface area contributed by atoms with Crippen molar-refractivity contribution in [2.24, 2.45) is 0 Å². The zero-order valence-electron chi connectivity index (χ0n) is 16.7. The van der Waals surface area contributed by atoms with Crippen LogP contribution in [0, 0.1) is 6.92 Å². The molecule has 1 heterocycles. The van der Waals surface area contributed by atoms with Crippen molar-refractivity contribution >= 4 is 23.8 Å². The van der Waals surface area contributed by atoms with Crippen LogP contribution in [0.3, 0.4) is 0 Å². The molecule has 0 atom stereocenters. The Labute approximate surface area is 167 Å². The molecule has 0 saturated carbocycles. The predicted octanol–water partition coefficient (Wildman–Crippen LogP) is 6.20. The van der Waals surface area contributed by atoms with Gasteiger partial charge in [-0.25, -0.2) is 4.79 Å². The van der Waals surface area contributed by atoms with Crippen molar-refractivity contribution in [2.75, 3.05) is 12.4 Å². The van der Waals surface area contributed by atoms with E-state index in [9.17, 15) is 4.79 Å². The number of hydrogen-bond donors (Lipinski definition) is 0. The first kappa shape index (κ1) is 19.8. The number of ether oxygens (including phenoxy) is 1. The molecule has 3 rings (SSSR count). The molecule has 0 amide bonds. The first-order valence-electron chi connectivity index (χ1n) is 9.61. The van der Waals surface area contributed by atoms with Crippen LogP contribution in [0.15, 0.2) is 47.4 Å². The summed E-state index contributed by atoms with van der Waals surface area (Å²) < 4.78 is 5.09. The van der Waals surface area contributed by atoms with Gasteiger partial charge in [-0.05, 0) is 72.2 Å². The lowest BCUT2D eigenvalue weighted by molar-refractivity contribution is 0.0525. The summed E-state index contributed by atoms with van der Waals surface area (Å²) >= 11 is 1.97. The minimum atomic E-state index is -0.250. The summed E-state index contributed by atoms with van der Waals surface area (Å²) in [7, 11) is 0. The van der Waals surface area contributed by atoms with Crippen LogP contribution in [0.4, 0.5) is 0 Å². The van der Waals surface area contributed by atoms with Crippen molar-refractivity contribution in [1.82, 2.24) is 0 Å². The highest BCUT2D eigenvalue weighted by molar-refractivity contribution is 7.99. The van der Waals surface area contributed by atoms with Crippen LogP contribution in [0.5, 0.6) is 0 Å². The van der Waals surface area contributed by atoms with Gasteiger partial charge in [-0.15, -0.1) is 11.8 Å². The summed E-state index contributed by atoms with van der Waals surface area (Å²) in [4.78, 5) is 13.3. The van der Waals surface area contributed by atoms with Gasteiger partial charge >= 0.3 is 5.97 Å². The minimum absolute atomic E-state index is 0.250. The molecule has 0 unspecified atom stereocenters. The Morgan fingerprint density at radius 1 is 1.22 bits per heavy atom. The highest BCUT2D eigenvalue weighted by Gasteiger charge is 2.27. The predicted molar refractivity (Wildman–Crippen MR) is 115 cm³/mol. The molecule has 2 aromatic carbocycles. The molecule has 0 aromatic heterocycles. The number of fused-ring (bicyclic) bond motifs is 1. The van der Waals surface area contributed by atoms with Crippen LogP contribution in [-0.4, -0.2) is 18.3 Å². The number of thioether (sulfide) groups is 1. The van der Waals surface area contributed by atoms with Gasteiger partial charge in [-0.1, -0.05) is 50.3 Å². The van der Waals surface area contributed by atoms with Crippen LogP contribution >= 0.6 is 11.8 Å². The topological polar surface area (TPSA) is 26.3 Å². The summed E-state index contributed by atoms with van der Waals surface area (Å²) in [6.45, 7) is 8.87. The van der Waals surface area contributed by atoms with Crippen molar-refractivity contribution in [3.63, 3.8) is 0 Å². The van der Waals surface area contributed by atoms with E-state index in [0.717, 1.165) is 17.5 Å². The summed E-state index contributed by atoms with van der Waals surface area (Å²) in [5.41, 5.74) is 5.79.